The van der Waals surface area contributed by atoms with Crippen molar-refractivity contribution in [2.45, 2.75) is 31.1 Å². The number of aliphatic hydroxyl groups is 1. The van der Waals surface area contributed by atoms with Gasteiger partial charge >= 0.3 is 5.97 Å². The maximum absolute atomic E-state index is 12.2. The van der Waals surface area contributed by atoms with E-state index in [2.05, 4.69) is 15.3 Å². The lowest BCUT2D eigenvalue weighted by Gasteiger charge is -2.22. The van der Waals surface area contributed by atoms with E-state index in [-0.39, 0.29) is 12.5 Å². The smallest absolute Gasteiger partial charge is 0.312 e. The van der Waals surface area contributed by atoms with E-state index in [1.807, 2.05) is 24.3 Å². The summed E-state index contributed by atoms with van der Waals surface area (Å²) in [5.74, 6) is 0.364. The lowest BCUT2D eigenvalue weighted by Crippen LogP contribution is -2.39. The van der Waals surface area contributed by atoms with E-state index < -0.39 is 18.2 Å². The number of nitrogens with zero attached hydrogens (tertiary/aromatic N) is 2. The number of benzene rings is 1. The molecule has 0 amide bonds. The van der Waals surface area contributed by atoms with E-state index in [0.717, 1.165) is 11.3 Å². The highest BCUT2D eigenvalue weighted by atomic mass is 16.6. The predicted molar refractivity (Wildman–Crippen MR) is 90.1 cm³/mol. The first kappa shape index (κ1) is 17.3. The molecule has 7 nitrogen and oxygen atoms in total. The Morgan fingerprint density at radius 3 is 2.80 bits per heavy atom. The lowest BCUT2D eigenvalue weighted by atomic mass is 10.0. The van der Waals surface area contributed by atoms with Gasteiger partial charge in [0.05, 0.1) is 25.3 Å². The van der Waals surface area contributed by atoms with Crippen LogP contribution in [-0.4, -0.2) is 52.9 Å². The molecule has 1 aliphatic rings. The number of β-amino-alcohol motifs (C(OH)–C–C–N with tert-alkyl or cyclic N) is 1. The van der Waals surface area contributed by atoms with Gasteiger partial charge in [0.15, 0.2) is 0 Å². The normalized spacial score (nSPS) is 22.6. The molecule has 2 aromatic rings. The van der Waals surface area contributed by atoms with Crippen LogP contribution in [0.3, 0.4) is 0 Å². The fourth-order valence-corrected chi connectivity index (χ4v) is 2.90. The number of carbonyl (C=O) groups is 1. The molecule has 132 valence electrons. The molecule has 3 rings (SSSR count). The van der Waals surface area contributed by atoms with Gasteiger partial charge in [0.25, 0.3) is 0 Å². The summed E-state index contributed by atoms with van der Waals surface area (Å²) in [7, 11) is 1.62. The third-order valence-electron chi connectivity index (χ3n) is 4.19. The number of aromatic nitrogens is 2. The van der Waals surface area contributed by atoms with Crippen LogP contribution in [0.5, 0.6) is 5.75 Å². The van der Waals surface area contributed by atoms with Gasteiger partial charge in [-0.3, -0.25) is 14.8 Å². The van der Waals surface area contributed by atoms with Gasteiger partial charge in [0, 0.05) is 25.1 Å². The first-order valence-electron chi connectivity index (χ1n) is 8.14. The van der Waals surface area contributed by atoms with Crippen molar-refractivity contribution in [1.82, 2.24) is 15.3 Å². The number of methoxy groups -OCH3 is 1. The molecule has 1 aliphatic heterocycles. The Bertz CT molecular complexity index is 693. The van der Waals surface area contributed by atoms with E-state index in [4.69, 9.17) is 9.47 Å². The van der Waals surface area contributed by atoms with Crippen LogP contribution >= 0.6 is 0 Å². The largest absolute Gasteiger partial charge is 0.497 e. The molecule has 1 aromatic carbocycles. The van der Waals surface area contributed by atoms with Gasteiger partial charge in [-0.05, 0) is 24.1 Å². The quantitative estimate of drug-likeness (QED) is 0.738. The van der Waals surface area contributed by atoms with Crippen LogP contribution in [0.2, 0.25) is 0 Å². The minimum absolute atomic E-state index is 0.0340. The van der Waals surface area contributed by atoms with E-state index in [1.165, 1.54) is 12.4 Å². The Hall–Kier alpha value is -2.51. The Morgan fingerprint density at radius 1 is 1.32 bits per heavy atom. The highest BCUT2D eigenvalue weighted by molar-refractivity contribution is 5.72. The van der Waals surface area contributed by atoms with Gasteiger partial charge in [0.2, 0.25) is 0 Å². The van der Waals surface area contributed by atoms with E-state index >= 15 is 0 Å². The van der Waals surface area contributed by atoms with Crippen LogP contribution in [0.25, 0.3) is 0 Å². The topological polar surface area (TPSA) is 93.6 Å². The van der Waals surface area contributed by atoms with E-state index in [9.17, 15) is 9.90 Å². The average Bonchev–Trinajstić information content (AvgIpc) is 2.96. The Kier molecular flexibility index (Phi) is 5.57. The molecule has 1 fully saturated rings. The zero-order chi connectivity index (χ0) is 17.6. The summed E-state index contributed by atoms with van der Waals surface area (Å²) >= 11 is 0. The highest BCUT2D eigenvalue weighted by Crippen LogP contribution is 2.19. The van der Waals surface area contributed by atoms with Crippen molar-refractivity contribution < 1.29 is 19.4 Å². The van der Waals surface area contributed by atoms with Gasteiger partial charge < -0.3 is 19.9 Å². The summed E-state index contributed by atoms with van der Waals surface area (Å²) in [5.41, 5.74) is 1.61. The average molecular weight is 343 g/mol. The van der Waals surface area contributed by atoms with Crippen molar-refractivity contribution in [2.75, 3.05) is 13.7 Å². The molecule has 0 spiro atoms. The molecule has 3 atom stereocenters. The number of carbonyl (C=O) groups excluding carboxylic acids is 1. The van der Waals surface area contributed by atoms with Gasteiger partial charge in [-0.1, -0.05) is 12.1 Å². The Balaban J connectivity index is 1.60. The number of esters is 1. The Labute approximate surface area is 146 Å². The molecule has 0 saturated carbocycles. The third-order valence-corrected chi connectivity index (χ3v) is 4.19. The summed E-state index contributed by atoms with van der Waals surface area (Å²) in [6, 6.07) is 7.55. The molecular formula is C18H21N3O4. The number of rotatable bonds is 6. The number of ether oxygens (including phenoxy) is 2. The summed E-state index contributed by atoms with van der Waals surface area (Å²) in [6.07, 6.45) is 3.96. The van der Waals surface area contributed by atoms with Gasteiger partial charge in [0.1, 0.15) is 18.0 Å². The molecular weight excluding hydrogens is 322 g/mol. The number of nitrogens with one attached hydrogen (secondary N) is 1. The second kappa shape index (κ2) is 8.04. The number of aliphatic hydroxyl groups excluding tert-OH is 1. The summed E-state index contributed by atoms with van der Waals surface area (Å²) in [4.78, 5) is 20.1. The van der Waals surface area contributed by atoms with Crippen LogP contribution in [0, 0.1) is 0 Å². The number of hydrogen-bond acceptors (Lipinski definition) is 7. The molecule has 0 bridgehead atoms. The molecule has 1 aromatic heterocycles. The second-order valence-corrected chi connectivity index (χ2v) is 5.96. The van der Waals surface area contributed by atoms with Crippen molar-refractivity contribution in [3.05, 3.63) is 54.1 Å². The third kappa shape index (κ3) is 4.52. The van der Waals surface area contributed by atoms with E-state index in [1.54, 1.807) is 13.3 Å². The SMILES string of the molecule is COc1ccc(C[C@H]2NC[C@H](O)[C@H]2OC(=O)Cc2cnccn2)cc1. The zero-order valence-corrected chi connectivity index (χ0v) is 14.0. The first-order chi connectivity index (χ1) is 12.2. The molecule has 2 heterocycles. The van der Waals surface area contributed by atoms with Crippen LogP contribution in [-0.2, 0) is 22.4 Å². The van der Waals surface area contributed by atoms with Crippen molar-refractivity contribution in [2.24, 2.45) is 0 Å². The van der Waals surface area contributed by atoms with Crippen LogP contribution < -0.4 is 10.1 Å². The van der Waals surface area contributed by atoms with Crippen LogP contribution in [0.15, 0.2) is 42.9 Å². The highest BCUT2D eigenvalue weighted by Gasteiger charge is 2.37. The minimum atomic E-state index is -0.728. The van der Waals surface area contributed by atoms with Crippen LogP contribution in [0.1, 0.15) is 11.3 Å². The molecule has 2 N–H and O–H groups in total. The monoisotopic (exact) mass is 343 g/mol. The number of hydrogen-bond donors (Lipinski definition) is 2. The van der Waals surface area contributed by atoms with Crippen molar-refractivity contribution in [1.29, 1.82) is 0 Å². The van der Waals surface area contributed by atoms with Crippen molar-refractivity contribution in [3.8, 4) is 5.75 Å². The first-order valence-corrected chi connectivity index (χ1v) is 8.14. The summed E-state index contributed by atoms with van der Waals surface area (Å²) in [5, 5.41) is 13.4. The standard InChI is InChI=1S/C18H21N3O4/c1-24-14-4-2-12(3-5-14)8-15-18(16(22)11-21-15)25-17(23)9-13-10-19-6-7-20-13/h2-7,10,15-16,18,21-22H,8-9,11H2,1H3/t15-,16+,18+/m1/s1. The summed E-state index contributed by atoms with van der Waals surface area (Å²) < 4.78 is 10.7. The zero-order valence-electron chi connectivity index (χ0n) is 14.0. The Morgan fingerprint density at radius 2 is 2.12 bits per heavy atom. The maximum atomic E-state index is 12.2. The molecule has 0 unspecified atom stereocenters. The van der Waals surface area contributed by atoms with Crippen LogP contribution in [0.4, 0.5) is 0 Å². The molecule has 0 radical (unpaired) electrons. The fourth-order valence-electron chi connectivity index (χ4n) is 2.90. The lowest BCUT2D eigenvalue weighted by molar-refractivity contribution is -0.153. The molecule has 0 aliphatic carbocycles. The summed E-state index contributed by atoms with van der Waals surface area (Å²) in [6.45, 7) is 0.393. The predicted octanol–water partition coefficient (Wildman–Crippen LogP) is 0.515. The molecule has 1 saturated heterocycles. The van der Waals surface area contributed by atoms with Crippen molar-refractivity contribution >= 4 is 5.97 Å². The van der Waals surface area contributed by atoms with E-state index in [0.29, 0.717) is 18.7 Å². The second-order valence-electron chi connectivity index (χ2n) is 5.96. The van der Waals surface area contributed by atoms with Gasteiger partial charge in [-0.2, -0.15) is 0 Å². The molecule has 25 heavy (non-hydrogen) atoms. The van der Waals surface area contributed by atoms with Gasteiger partial charge in [-0.15, -0.1) is 0 Å². The fraction of sp³-hybridized carbons (Fsp3) is 0.389. The minimum Gasteiger partial charge on any atom is -0.497 e. The maximum Gasteiger partial charge on any atom is 0.312 e. The van der Waals surface area contributed by atoms with Gasteiger partial charge in [-0.25, -0.2) is 0 Å². The molecule has 7 heteroatoms. The van der Waals surface area contributed by atoms with Crippen molar-refractivity contribution in [3.63, 3.8) is 0 Å².